The van der Waals surface area contributed by atoms with Gasteiger partial charge in [-0.1, -0.05) is 18.9 Å². The SMILES string of the molecule is C=CCN(C(=O)C1COCC1N)C1CCCC1. The molecule has 17 heavy (non-hydrogen) atoms. The van der Waals surface area contributed by atoms with Crippen molar-refractivity contribution in [1.29, 1.82) is 0 Å². The molecule has 4 nitrogen and oxygen atoms in total. The number of nitrogens with two attached hydrogens (primary N) is 1. The van der Waals surface area contributed by atoms with Crippen LogP contribution in [0.3, 0.4) is 0 Å². The van der Waals surface area contributed by atoms with Crippen LogP contribution in [0.25, 0.3) is 0 Å². The molecule has 2 atom stereocenters. The molecule has 2 unspecified atom stereocenters. The van der Waals surface area contributed by atoms with Crippen LogP contribution >= 0.6 is 0 Å². The van der Waals surface area contributed by atoms with Crippen molar-refractivity contribution < 1.29 is 9.53 Å². The summed E-state index contributed by atoms with van der Waals surface area (Å²) in [7, 11) is 0. The summed E-state index contributed by atoms with van der Waals surface area (Å²) in [5.74, 6) is -0.00245. The number of hydrogen-bond donors (Lipinski definition) is 1. The van der Waals surface area contributed by atoms with E-state index in [2.05, 4.69) is 6.58 Å². The fourth-order valence-corrected chi connectivity index (χ4v) is 2.81. The second kappa shape index (κ2) is 5.65. The number of carbonyl (C=O) groups is 1. The van der Waals surface area contributed by atoms with Crippen LogP contribution in [-0.2, 0) is 9.53 Å². The van der Waals surface area contributed by atoms with Crippen LogP contribution in [0.2, 0.25) is 0 Å². The molecule has 0 aromatic carbocycles. The quantitative estimate of drug-likeness (QED) is 0.741. The van der Waals surface area contributed by atoms with Gasteiger partial charge in [0.15, 0.2) is 0 Å². The summed E-state index contributed by atoms with van der Waals surface area (Å²) in [5.41, 5.74) is 5.91. The zero-order chi connectivity index (χ0) is 12.3. The topological polar surface area (TPSA) is 55.6 Å². The molecule has 1 saturated heterocycles. The van der Waals surface area contributed by atoms with E-state index in [1.54, 1.807) is 6.08 Å². The van der Waals surface area contributed by atoms with E-state index in [0.29, 0.717) is 25.8 Å². The highest BCUT2D eigenvalue weighted by Gasteiger charge is 2.36. The molecule has 2 aliphatic rings. The minimum absolute atomic E-state index is 0.142. The Kier molecular flexibility index (Phi) is 4.18. The van der Waals surface area contributed by atoms with Crippen LogP contribution in [0, 0.1) is 5.92 Å². The first-order chi connectivity index (χ1) is 8.24. The highest BCUT2D eigenvalue weighted by atomic mass is 16.5. The van der Waals surface area contributed by atoms with Crippen molar-refractivity contribution in [3.05, 3.63) is 12.7 Å². The average Bonchev–Trinajstić information content (AvgIpc) is 2.95. The fourth-order valence-electron chi connectivity index (χ4n) is 2.81. The number of ether oxygens (including phenoxy) is 1. The molecule has 4 heteroatoms. The lowest BCUT2D eigenvalue weighted by Gasteiger charge is -2.31. The molecule has 96 valence electrons. The molecule has 1 aliphatic heterocycles. The molecule has 1 saturated carbocycles. The Hall–Kier alpha value is -0.870. The van der Waals surface area contributed by atoms with Gasteiger partial charge in [0.25, 0.3) is 0 Å². The van der Waals surface area contributed by atoms with E-state index in [0.717, 1.165) is 12.8 Å². The second-order valence-corrected chi connectivity index (χ2v) is 5.03. The summed E-state index contributed by atoms with van der Waals surface area (Å²) < 4.78 is 5.28. The van der Waals surface area contributed by atoms with Gasteiger partial charge in [0.1, 0.15) is 0 Å². The lowest BCUT2D eigenvalue weighted by Crippen LogP contribution is -2.47. The second-order valence-electron chi connectivity index (χ2n) is 5.03. The van der Waals surface area contributed by atoms with Crippen molar-refractivity contribution in [2.24, 2.45) is 11.7 Å². The minimum Gasteiger partial charge on any atom is -0.379 e. The molecule has 1 heterocycles. The summed E-state index contributed by atoms with van der Waals surface area (Å²) in [6, 6.07) is 0.240. The number of amides is 1. The van der Waals surface area contributed by atoms with E-state index in [9.17, 15) is 4.79 Å². The molecule has 0 spiro atoms. The molecule has 1 amide bonds. The maximum absolute atomic E-state index is 12.5. The molecule has 2 rings (SSSR count). The highest BCUT2D eigenvalue weighted by Crippen LogP contribution is 2.26. The predicted octanol–water partition coefficient (Wildman–Crippen LogP) is 0.917. The maximum Gasteiger partial charge on any atom is 0.230 e. The summed E-state index contributed by atoms with van der Waals surface area (Å²) >= 11 is 0. The Labute approximate surface area is 103 Å². The van der Waals surface area contributed by atoms with Crippen molar-refractivity contribution in [1.82, 2.24) is 4.90 Å². The summed E-state index contributed by atoms with van der Waals surface area (Å²) in [4.78, 5) is 14.4. The third-order valence-electron chi connectivity index (χ3n) is 3.82. The lowest BCUT2D eigenvalue weighted by molar-refractivity contribution is -0.137. The third-order valence-corrected chi connectivity index (χ3v) is 3.82. The molecule has 0 aromatic rings. The Bertz CT molecular complexity index is 287. The highest BCUT2D eigenvalue weighted by molar-refractivity contribution is 5.80. The van der Waals surface area contributed by atoms with E-state index in [-0.39, 0.29) is 17.9 Å². The molecule has 0 radical (unpaired) electrons. The Morgan fingerprint density at radius 2 is 2.12 bits per heavy atom. The van der Waals surface area contributed by atoms with E-state index in [1.807, 2.05) is 4.90 Å². The Morgan fingerprint density at radius 1 is 1.41 bits per heavy atom. The largest absolute Gasteiger partial charge is 0.379 e. The van der Waals surface area contributed by atoms with Crippen LogP contribution in [0.1, 0.15) is 25.7 Å². The van der Waals surface area contributed by atoms with Crippen molar-refractivity contribution in [2.45, 2.75) is 37.8 Å². The normalized spacial score (nSPS) is 29.5. The van der Waals surface area contributed by atoms with Gasteiger partial charge in [-0.2, -0.15) is 0 Å². The van der Waals surface area contributed by atoms with Crippen LogP contribution in [0.15, 0.2) is 12.7 Å². The van der Waals surface area contributed by atoms with Gasteiger partial charge < -0.3 is 15.4 Å². The molecule has 2 fully saturated rings. The molecule has 1 aliphatic carbocycles. The van der Waals surface area contributed by atoms with Gasteiger partial charge in [-0.15, -0.1) is 6.58 Å². The fraction of sp³-hybridized carbons (Fsp3) is 0.769. The van der Waals surface area contributed by atoms with Gasteiger partial charge in [0, 0.05) is 18.6 Å². The van der Waals surface area contributed by atoms with Crippen LogP contribution in [-0.4, -0.2) is 42.6 Å². The van der Waals surface area contributed by atoms with Crippen molar-refractivity contribution >= 4 is 5.91 Å². The minimum atomic E-state index is -0.157. The van der Waals surface area contributed by atoms with E-state index in [4.69, 9.17) is 10.5 Å². The zero-order valence-corrected chi connectivity index (χ0v) is 10.3. The van der Waals surface area contributed by atoms with E-state index >= 15 is 0 Å². The van der Waals surface area contributed by atoms with Crippen molar-refractivity contribution in [3.8, 4) is 0 Å². The smallest absolute Gasteiger partial charge is 0.230 e. The molecule has 0 aromatic heterocycles. The van der Waals surface area contributed by atoms with Gasteiger partial charge in [-0.25, -0.2) is 0 Å². The van der Waals surface area contributed by atoms with Crippen molar-refractivity contribution in [3.63, 3.8) is 0 Å². The standard InChI is InChI=1S/C13H22N2O2/c1-2-7-15(10-5-3-4-6-10)13(16)11-8-17-9-12(11)14/h2,10-12H,1,3-9,14H2. The molecular formula is C13H22N2O2. The lowest BCUT2D eigenvalue weighted by atomic mass is 10.0. The Balaban J connectivity index is 2.03. The predicted molar refractivity (Wildman–Crippen MR) is 66.5 cm³/mol. The average molecular weight is 238 g/mol. The van der Waals surface area contributed by atoms with E-state index < -0.39 is 0 Å². The monoisotopic (exact) mass is 238 g/mol. The first-order valence-corrected chi connectivity index (χ1v) is 6.48. The van der Waals surface area contributed by atoms with E-state index in [1.165, 1.54) is 12.8 Å². The van der Waals surface area contributed by atoms with Gasteiger partial charge in [-0.05, 0) is 12.8 Å². The maximum atomic E-state index is 12.5. The van der Waals surface area contributed by atoms with Crippen molar-refractivity contribution in [2.75, 3.05) is 19.8 Å². The van der Waals surface area contributed by atoms with Gasteiger partial charge in [0.05, 0.1) is 19.1 Å². The van der Waals surface area contributed by atoms with Crippen LogP contribution < -0.4 is 5.73 Å². The molecule has 2 N–H and O–H groups in total. The third kappa shape index (κ3) is 2.69. The van der Waals surface area contributed by atoms with Gasteiger partial charge in [0.2, 0.25) is 5.91 Å². The van der Waals surface area contributed by atoms with Gasteiger partial charge in [-0.3, -0.25) is 4.79 Å². The summed E-state index contributed by atoms with van der Waals surface area (Å²) in [6.45, 7) is 5.35. The number of nitrogens with zero attached hydrogens (tertiary/aromatic N) is 1. The number of rotatable bonds is 4. The first-order valence-electron chi connectivity index (χ1n) is 6.48. The van der Waals surface area contributed by atoms with Gasteiger partial charge >= 0.3 is 0 Å². The van der Waals surface area contributed by atoms with Crippen LogP contribution in [0.4, 0.5) is 0 Å². The first kappa shape index (κ1) is 12.6. The number of hydrogen-bond acceptors (Lipinski definition) is 3. The summed E-state index contributed by atoms with van der Waals surface area (Å²) in [5, 5.41) is 0. The molecule has 0 bridgehead atoms. The zero-order valence-electron chi connectivity index (χ0n) is 10.3. The number of carbonyl (C=O) groups excluding carboxylic acids is 1. The van der Waals surface area contributed by atoms with Crippen LogP contribution in [0.5, 0.6) is 0 Å². The Morgan fingerprint density at radius 3 is 2.65 bits per heavy atom. The summed E-state index contributed by atoms with van der Waals surface area (Å²) in [6.07, 6.45) is 6.47. The molecular weight excluding hydrogens is 216 g/mol.